The summed E-state index contributed by atoms with van der Waals surface area (Å²) in [5.74, 6) is 0.0996. The first-order valence-electron chi connectivity index (χ1n) is 8.23. The SMILES string of the molecule is Cc1cccc(N2CCN(C(=O)c3ccn4cncc4c3)CC2)c1. The van der Waals surface area contributed by atoms with Crippen molar-refractivity contribution in [3.05, 3.63) is 66.2 Å². The Labute approximate surface area is 141 Å². The molecule has 1 aromatic carbocycles. The summed E-state index contributed by atoms with van der Waals surface area (Å²) in [5.41, 5.74) is 4.18. The minimum atomic E-state index is 0.0996. The Balaban J connectivity index is 1.46. The van der Waals surface area contributed by atoms with Gasteiger partial charge in [-0.05, 0) is 36.8 Å². The maximum Gasteiger partial charge on any atom is 0.254 e. The first-order valence-corrected chi connectivity index (χ1v) is 8.23. The van der Waals surface area contributed by atoms with Gasteiger partial charge in [0.2, 0.25) is 0 Å². The number of carbonyl (C=O) groups is 1. The largest absolute Gasteiger partial charge is 0.368 e. The van der Waals surface area contributed by atoms with Crippen molar-refractivity contribution in [3.8, 4) is 0 Å². The first-order chi connectivity index (χ1) is 11.7. The summed E-state index contributed by atoms with van der Waals surface area (Å²) in [6, 6.07) is 12.3. The van der Waals surface area contributed by atoms with E-state index >= 15 is 0 Å². The van der Waals surface area contributed by atoms with Gasteiger partial charge in [-0.15, -0.1) is 0 Å². The molecule has 0 spiro atoms. The first kappa shape index (κ1) is 14.8. The highest BCUT2D eigenvalue weighted by atomic mass is 16.2. The Hall–Kier alpha value is -2.82. The summed E-state index contributed by atoms with van der Waals surface area (Å²) in [5, 5.41) is 0. The number of hydrogen-bond acceptors (Lipinski definition) is 3. The van der Waals surface area contributed by atoms with Crippen LogP contribution in [-0.4, -0.2) is 46.4 Å². The second kappa shape index (κ2) is 6.00. The number of fused-ring (bicyclic) bond motifs is 1. The monoisotopic (exact) mass is 320 g/mol. The van der Waals surface area contributed by atoms with Gasteiger partial charge in [-0.25, -0.2) is 4.98 Å². The minimum Gasteiger partial charge on any atom is -0.368 e. The number of piperazine rings is 1. The Morgan fingerprint density at radius 1 is 1.08 bits per heavy atom. The fourth-order valence-electron chi connectivity index (χ4n) is 3.23. The van der Waals surface area contributed by atoms with E-state index in [0.29, 0.717) is 0 Å². The summed E-state index contributed by atoms with van der Waals surface area (Å²) in [7, 11) is 0. The van der Waals surface area contributed by atoms with E-state index in [1.807, 2.05) is 27.6 Å². The molecule has 1 aliphatic heterocycles. The normalized spacial score (nSPS) is 15.0. The third-order valence-corrected chi connectivity index (χ3v) is 4.59. The minimum absolute atomic E-state index is 0.0996. The lowest BCUT2D eigenvalue weighted by Crippen LogP contribution is -2.48. The molecule has 3 aromatic rings. The number of hydrogen-bond donors (Lipinski definition) is 0. The Morgan fingerprint density at radius 3 is 2.71 bits per heavy atom. The van der Waals surface area contributed by atoms with Crippen molar-refractivity contribution in [1.82, 2.24) is 14.3 Å². The molecule has 5 nitrogen and oxygen atoms in total. The van der Waals surface area contributed by atoms with Crippen molar-refractivity contribution in [2.24, 2.45) is 0 Å². The quantitative estimate of drug-likeness (QED) is 0.729. The van der Waals surface area contributed by atoms with Crippen LogP contribution in [0.2, 0.25) is 0 Å². The molecule has 4 rings (SSSR count). The average molecular weight is 320 g/mol. The molecule has 0 radical (unpaired) electrons. The van der Waals surface area contributed by atoms with Crippen LogP contribution in [0.5, 0.6) is 0 Å². The molecule has 1 fully saturated rings. The summed E-state index contributed by atoms with van der Waals surface area (Å²) >= 11 is 0. The van der Waals surface area contributed by atoms with E-state index < -0.39 is 0 Å². The van der Waals surface area contributed by atoms with Crippen molar-refractivity contribution in [3.63, 3.8) is 0 Å². The number of anilines is 1. The zero-order valence-electron chi connectivity index (χ0n) is 13.7. The number of benzene rings is 1. The molecule has 122 valence electrons. The number of pyridine rings is 1. The molecule has 2 aromatic heterocycles. The number of rotatable bonds is 2. The molecule has 1 amide bonds. The van der Waals surface area contributed by atoms with Gasteiger partial charge in [0.25, 0.3) is 5.91 Å². The fraction of sp³-hybridized carbons (Fsp3) is 0.263. The Kier molecular flexibility index (Phi) is 3.69. The predicted molar refractivity (Wildman–Crippen MR) is 94.5 cm³/mol. The molecule has 0 unspecified atom stereocenters. The van der Waals surface area contributed by atoms with E-state index in [1.54, 1.807) is 12.5 Å². The molecule has 1 aliphatic rings. The number of imidazole rings is 1. The standard InChI is InChI=1S/C19H20N4O/c1-15-3-2-4-17(11-15)21-7-9-22(10-8-21)19(24)16-5-6-23-14-20-13-18(23)12-16/h2-6,11-14H,7-10H2,1H3. The molecule has 0 saturated carbocycles. The van der Waals surface area contributed by atoms with Crippen molar-refractivity contribution in [1.29, 1.82) is 0 Å². The maximum absolute atomic E-state index is 12.7. The molecule has 3 heterocycles. The highest BCUT2D eigenvalue weighted by Gasteiger charge is 2.22. The van der Waals surface area contributed by atoms with Crippen LogP contribution in [0.3, 0.4) is 0 Å². The number of carbonyl (C=O) groups excluding carboxylic acids is 1. The van der Waals surface area contributed by atoms with E-state index in [2.05, 4.69) is 41.1 Å². The molecule has 0 N–H and O–H groups in total. The molecule has 0 bridgehead atoms. The Morgan fingerprint density at radius 2 is 1.92 bits per heavy atom. The van der Waals surface area contributed by atoms with Crippen LogP contribution in [0, 0.1) is 6.92 Å². The smallest absolute Gasteiger partial charge is 0.254 e. The van der Waals surface area contributed by atoms with Gasteiger partial charge in [0.1, 0.15) is 0 Å². The van der Waals surface area contributed by atoms with Crippen LogP contribution in [0.25, 0.3) is 5.52 Å². The van der Waals surface area contributed by atoms with Gasteiger partial charge in [-0.2, -0.15) is 0 Å². The third-order valence-electron chi connectivity index (χ3n) is 4.59. The summed E-state index contributed by atoms with van der Waals surface area (Å²) < 4.78 is 1.91. The van der Waals surface area contributed by atoms with E-state index in [4.69, 9.17) is 0 Å². The fourth-order valence-corrected chi connectivity index (χ4v) is 3.23. The Bertz CT molecular complexity index is 878. The van der Waals surface area contributed by atoms with Crippen LogP contribution in [0.4, 0.5) is 5.69 Å². The van der Waals surface area contributed by atoms with Crippen LogP contribution < -0.4 is 4.90 Å². The van der Waals surface area contributed by atoms with Crippen molar-refractivity contribution < 1.29 is 4.79 Å². The number of amides is 1. The van der Waals surface area contributed by atoms with Crippen molar-refractivity contribution in [2.45, 2.75) is 6.92 Å². The molecule has 0 aliphatic carbocycles. The summed E-state index contributed by atoms with van der Waals surface area (Å²) in [6.07, 6.45) is 5.40. The van der Waals surface area contributed by atoms with E-state index in [1.165, 1.54) is 11.3 Å². The predicted octanol–water partition coefficient (Wildman–Crippen LogP) is 2.61. The number of aryl methyl sites for hydroxylation is 1. The second-order valence-electron chi connectivity index (χ2n) is 6.26. The molecule has 5 heteroatoms. The highest BCUT2D eigenvalue weighted by Crippen LogP contribution is 2.19. The molecule has 24 heavy (non-hydrogen) atoms. The number of nitrogens with zero attached hydrogens (tertiary/aromatic N) is 4. The van der Waals surface area contributed by atoms with Crippen LogP contribution in [0.1, 0.15) is 15.9 Å². The van der Waals surface area contributed by atoms with Gasteiger partial charge in [0.05, 0.1) is 18.0 Å². The van der Waals surface area contributed by atoms with Crippen molar-refractivity contribution >= 4 is 17.1 Å². The molecular formula is C19H20N4O. The van der Waals surface area contributed by atoms with Gasteiger partial charge < -0.3 is 14.2 Å². The van der Waals surface area contributed by atoms with Gasteiger partial charge in [0, 0.05) is 43.6 Å². The highest BCUT2D eigenvalue weighted by molar-refractivity contribution is 5.95. The maximum atomic E-state index is 12.7. The third kappa shape index (κ3) is 2.73. The lowest BCUT2D eigenvalue weighted by molar-refractivity contribution is 0.0747. The topological polar surface area (TPSA) is 40.9 Å². The number of aromatic nitrogens is 2. The lowest BCUT2D eigenvalue weighted by Gasteiger charge is -2.36. The van der Waals surface area contributed by atoms with Gasteiger partial charge in [-0.1, -0.05) is 12.1 Å². The van der Waals surface area contributed by atoms with E-state index in [0.717, 1.165) is 37.3 Å². The lowest BCUT2D eigenvalue weighted by atomic mass is 10.1. The van der Waals surface area contributed by atoms with Crippen LogP contribution in [0.15, 0.2) is 55.1 Å². The zero-order valence-corrected chi connectivity index (χ0v) is 13.7. The average Bonchev–Trinajstić information content (AvgIpc) is 3.09. The summed E-state index contributed by atoms with van der Waals surface area (Å²) in [6.45, 7) is 5.33. The van der Waals surface area contributed by atoms with Gasteiger partial charge in [-0.3, -0.25) is 4.79 Å². The van der Waals surface area contributed by atoms with Crippen LogP contribution >= 0.6 is 0 Å². The summed E-state index contributed by atoms with van der Waals surface area (Å²) in [4.78, 5) is 21.1. The van der Waals surface area contributed by atoms with E-state index in [-0.39, 0.29) is 5.91 Å². The van der Waals surface area contributed by atoms with Gasteiger partial charge >= 0.3 is 0 Å². The zero-order chi connectivity index (χ0) is 16.5. The molecule has 1 saturated heterocycles. The van der Waals surface area contributed by atoms with Gasteiger partial charge in [0.15, 0.2) is 0 Å². The van der Waals surface area contributed by atoms with E-state index in [9.17, 15) is 4.79 Å². The molecular weight excluding hydrogens is 300 g/mol. The van der Waals surface area contributed by atoms with Crippen molar-refractivity contribution in [2.75, 3.05) is 31.1 Å². The second-order valence-corrected chi connectivity index (χ2v) is 6.26. The van der Waals surface area contributed by atoms with Crippen LogP contribution in [-0.2, 0) is 0 Å². The molecule has 0 atom stereocenters.